The van der Waals surface area contributed by atoms with Crippen LogP contribution in [0.1, 0.15) is 27.7 Å². The zero-order valence-electron chi connectivity index (χ0n) is 17.4. The zero-order valence-corrected chi connectivity index (χ0v) is 17.4. The Labute approximate surface area is 172 Å². The second-order valence-electron chi connectivity index (χ2n) is 8.04. The van der Waals surface area contributed by atoms with Gasteiger partial charge in [-0.05, 0) is 67.3 Å². The summed E-state index contributed by atoms with van der Waals surface area (Å²) in [7, 11) is 0. The smallest absolute Gasteiger partial charge is 0.131 e. The summed E-state index contributed by atoms with van der Waals surface area (Å²) in [6, 6.07) is 17.6. The van der Waals surface area contributed by atoms with Crippen LogP contribution in [-0.4, -0.2) is 12.6 Å². The monoisotopic (exact) mass is 394 g/mol. The van der Waals surface area contributed by atoms with Crippen LogP contribution in [0.5, 0.6) is 0 Å². The van der Waals surface area contributed by atoms with Gasteiger partial charge in [-0.15, -0.1) is 0 Å². The van der Waals surface area contributed by atoms with Crippen molar-refractivity contribution in [3.05, 3.63) is 72.3 Å². The molecule has 0 spiro atoms. The Bertz CT molecular complexity index is 946. The Morgan fingerprint density at radius 3 is 1.55 bits per heavy atom. The van der Waals surface area contributed by atoms with E-state index in [1.165, 1.54) is 12.1 Å². The van der Waals surface area contributed by atoms with Crippen LogP contribution < -0.4 is 10.6 Å². The van der Waals surface area contributed by atoms with Gasteiger partial charge in [-0.2, -0.15) is 0 Å². The molecule has 29 heavy (non-hydrogen) atoms. The predicted octanol–water partition coefficient (Wildman–Crippen LogP) is 7.19. The zero-order chi connectivity index (χ0) is 21.0. The lowest BCUT2D eigenvalue weighted by atomic mass is 9.98. The Morgan fingerprint density at radius 2 is 1.14 bits per heavy atom. The first-order valence-corrected chi connectivity index (χ1v) is 10.0. The molecule has 0 heterocycles. The highest BCUT2D eigenvalue weighted by Gasteiger charge is 2.13. The summed E-state index contributed by atoms with van der Waals surface area (Å²) in [5.74, 6) is -0.342. The van der Waals surface area contributed by atoms with Crippen molar-refractivity contribution in [2.45, 2.75) is 33.7 Å². The molecule has 0 aliphatic heterocycles. The second-order valence-corrected chi connectivity index (χ2v) is 8.04. The largest absolute Gasteiger partial charge is 0.385 e. The fourth-order valence-electron chi connectivity index (χ4n) is 3.16. The average Bonchev–Trinajstić information content (AvgIpc) is 2.68. The minimum absolute atomic E-state index is 0.262. The minimum Gasteiger partial charge on any atom is -0.385 e. The van der Waals surface area contributed by atoms with Crippen molar-refractivity contribution in [1.82, 2.24) is 0 Å². The first-order chi connectivity index (χ1) is 13.8. The molecule has 3 aromatic rings. The molecule has 0 aromatic heterocycles. The normalized spacial score (nSPS) is 11.2. The van der Waals surface area contributed by atoms with E-state index in [0.29, 0.717) is 23.1 Å². The molecular formula is C25H28F2N2. The first-order valence-electron chi connectivity index (χ1n) is 10.0. The molecule has 0 unspecified atom stereocenters. The third-order valence-electron chi connectivity index (χ3n) is 4.62. The van der Waals surface area contributed by atoms with E-state index in [1.54, 1.807) is 12.1 Å². The van der Waals surface area contributed by atoms with Gasteiger partial charge in [-0.3, -0.25) is 0 Å². The molecule has 152 valence electrons. The Morgan fingerprint density at radius 1 is 0.690 bits per heavy atom. The van der Waals surface area contributed by atoms with Crippen molar-refractivity contribution in [3.8, 4) is 22.3 Å². The maximum absolute atomic E-state index is 14.8. The minimum atomic E-state index is -0.437. The molecule has 0 amide bonds. The highest BCUT2D eigenvalue weighted by molar-refractivity contribution is 5.73. The van der Waals surface area contributed by atoms with E-state index < -0.39 is 11.6 Å². The van der Waals surface area contributed by atoms with Gasteiger partial charge >= 0.3 is 0 Å². The van der Waals surface area contributed by atoms with Gasteiger partial charge in [0.05, 0.1) is 0 Å². The molecule has 0 radical (unpaired) electrons. The maximum atomic E-state index is 14.8. The molecule has 2 nitrogen and oxygen atoms in total. The van der Waals surface area contributed by atoms with E-state index in [-0.39, 0.29) is 11.1 Å². The highest BCUT2D eigenvalue weighted by atomic mass is 19.1. The molecule has 0 bridgehead atoms. The number of halogens is 2. The molecule has 3 rings (SSSR count). The first kappa shape index (κ1) is 20.8. The lowest BCUT2D eigenvalue weighted by Gasteiger charge is -2.13. The number of benzene rings is 3. The molecule has 0 aliphatic rings. The summed E-state index contributed by atoms with van der Waals surface area (Å²) in [6.45, 7) is 9.23. The molecule has 0 saturated carbocycles. The van der Waals surface area contributed by atoms with E-state index in [1.807, 2.05) is 36.4 Å². The van der Waals surface area contributed by atoms with E-state index >= 15 is 0 Å². The Balaban J connectivity index is 1.84. The van der Waals surface area contributed by atoms with Crippen molar-refractivity contribution in [2.24, 2.45) is 5.92 Å². The van der Waals surface area contributed by atoms with Crippen LogP contribution in [-0.2, 0) is 0 Å². The Kier molecular flexibility index (Phi) is 6.53. The van der Waals surface area contributed by atoms with Gasteiger partial charge in [0.15, 0.2) is 0 Å². The van der Waals surface area contributed by atoms with Crippen molar-refractivity contribution in [3.63, 3.8) is 0 Å². The highest BCUT2D eigenvalue weighted by Crippen LogP contribution is 2.32. The van der Waals surface area contributed by atoms with Crippen LogP contribution in [0.3, 0.4) is 0 Å². The van der Waals surface area contributed by atoms with Crippen LogP contribution in [0.25, 0.3) is 22.3 Å². The van der Waals surface area contributed by atoms with Gasteiger partial charge in [-0.25, -0.2) is 8.78 Å². The molecular weight excluding hydrogens is 366 g/mol. The summed E-state index contributed by atoms with van der Waals surface area (Å²) in [4.78, 5) is 0. The lowest BCUT2D eigenvalue weighted by Crippen LogP contribution is -2.09. The maximum Gasteiger partial charge on any atom is 0.131 e. The third kappa shape index (κ3) is 5.35. The second kappa shape index (κ2) is 9.08. The molecule has 0 aliphatic carbocycles. The van der Waals surface area contributed by atoms with Gasteiger partial charge in [0, 0.05) is 35.1 Å². The number of hydrogen-bond donors (Lipinski definition) is 2. The van der Waals surface area contributed by atoms with Crippen molar-refractivity contribution >= 4 is 11.4 Å². The van der Waals surface area contributed by atoms with Crippen molar-refractivity contribution in [1.29, 1.82) is 0 Å². The summed E-state index contributed by atoms with van der Waals surface area (Å²) >= 11 is 0. The molecule has 4 heteroatoms. The van der Waals surface area contributed by atoms with Crippen LogP contribution in [0.15, 0.2) is 60.7 Å². The van der Waals surface area contributed by atoms with Gasteiger partial charge in [0.1, 0.15) is 11.6 Å². The van der Waals surface area contributed by atoms with Crippen LogP contribution >= 0.6 is 0 Å². The van der Waals surface area contributed by atoms with E-state index in [0.717, 1.165) is 17.9 Å². The third-order valence-corrected chi connectivity index (χ3v) is 4.62. The number of anilines is 2. The van der Waals surface area contributed by atoms with Crippen molar-refractivity contribution < 1.29 is 8.78 Å². The molecule has 2 N–H and O–H groups in total. The van der Waals surface area contributed by atoms with E-state index in [4.69, 9.17) is 0 Å². The van der Waals surface area contributed by atoms with Crippen LogP contribution in [0.2, 0.25) is 0 Å². The average molecular weight is 395 g/mol. The van der Waals surface area contributed by atoms with Crippen molar-refractivity contribution in [2.75, 3.05) is 17.2 Å². The number of rotatable bonds is 7. The number of hydrogen-bond acceptors (Lipinski definition) is 2. The fourth-order valence-corrected chi connectivity index (χ4v) is 3.16. The van der Waals surface area contributed by atoms with Gasteiger partial charge < -0.3 is 10.6 Å². The Hall–Kier alpha value is -2.88. The molecule has 3 aromatic carbocycles. The summed E-state index contributed by atoms with van der Waals surface area (Å²) in [5.41, 5.74) is 3.75. The SMILES string of the molecule is CC(C)CNc1ccc(-c2cc(F)c(-c3ccc(NC(C)C)cc3)cc2F)cc1. The van der Waals surface area contributed by atoms with E-state index in [2.05, 4.69) is 38.3 Å². The van der Waals surface area contributed by atoms with Crippen LogP contribution in [0, 0.1) is 17.6 Å². The number of nitrogens with one attached hydrogen (secondary N) is 2. The molecule has 0 saturated heterocycles. The standard InChI is InChI=1S/C25H28F2N2/c1-16(2)15-28-20-9-5-18(6-10-20)22-13-25(27)23(14-24(22)26)19-7-11-21(12-8-19)29-17(3)4/h5-14,16-17,28-29H,15H2,1-4H3. The summed E-state index contributed by atoms with van der Waals surface area (Å²) < 4.78 is 29.6. The topological polar surface area (TPSA) is 24.1 Å². The predicted molar refractivity (Wildman–Crippen MR) is 119 cm³/mol. The lowest BCUT2D eigenvalue weighted by molar-refractivity contribution is 0.606. The fraction of sp³-hybridized carbons (Fsp3) is 0.280. The molecule has 0 fully saturated rings. The van der Waals surface area contributed by atoms with Gasteiger partial charge in [-0.1, -0.05) is 38.1 Å². The van der Waals surface area contributed by atoms with Gasteiger partial charge in [0.2, 0.25) is 0 Å². The van der Waals surface area contributed by atoms with Gasteiger partial charge in [0.25, 0.3) is 0 Å². The van der Waals surface area contributed by atoms with Crippen LogP contribution in [0.4, 0.5) is 20.2 Å². The summed E-state index contributed by atoms with van der Waals surface area (Å²) in [6.07, 6.45) is 0. The quantitative estimate of drug-likeness (QED) is 0.443. The van der Waals surface area contributed by atoms with E-state index in [9.17, 15) is 8.78 Å². The molecule has 0 atom stereocenters. The summed E-state index contributed by atoms with van der Waals surface area (Å²) in [5, 5.41) is 6.61.